The molecule has 2 fully saturated rings. The summed E-state index contributed by atoms with van der Waals surface area (Å²) in [5, 5.41) is 11.7. The Labute approximate surface area is 99.0 Å². The van der Waals surface area contributed by atoms with Crippen molar-refractivity contribution in [3.05, 3.63) is 0 Å². The molecule has 2 aliphatic rings. The number of hydrogen-bond acceptors (Lipinski definition) is 3. The van der Waals surface area contributed by atoms with Gasteiger partial charge in [-0.25, -0.2) is 4.79 Å². The Hall–Kier alpha value is -1.59. The predicted octanol–water partition coefficient (Wildman–Crippen LogP) is -0.413. The zero-order valence-electron chi connectivity index (χ0n) is 9.68. The number of amides is 2. The number of nitrogens with one attached hydrogen (secondary N) is 1. The highest BCUT2D eigenvalue weighted by atomic mass is 16.4. The van der Waals surface area contributed by atoms with E-state index < -0.39 is 18.1 Å². The average Bonchev–Trinajstić information content (AvgIpc) is 2.83. The molecule has 3 unspecified atom stereocenters. The van der Waals surface area contributed by atoms with Crippen LogP contribution in [0.2, 0.25) is 0 Å². The third kappa shape index (κ3) is 2.11. The van der Waals surface area contributed by atoms with Crippen molar-refractivity contribution in [1.82, 2.24) is 10.2 Å². The molecule has 2 rings (SSSR count). The molecule has 3 atom stereocenters. The highest BCUT2D eigenvalue weighted by Gasteiger charge is 2.42. The Morgan fingerprint density at radius 3 is 2.65 bits per heavy atom. The summed E-state index contributed by atoms with van der Waals surface area (Å²) in [6.45, 7) is 2.29. The van der Waals surface area contributed by atoms with E-state index in [2.05, 4.69) is 5.32 Å². The number of nitrogens with zero attached hydrogens (tertiary/aromatic N) is 1. The quantitative estimate of drug-likeness (QED) is 0.686. The van der Waals surface area contributed by atoms with Crippen LogP contribution in [-0.4, -0.2) is 46.4 Å². The molecule has 0 saturated carbocycles. The molecule has 2 heterocycles. The van der Waals surface area contributed by atoms with Crippen LogP contribution >= 0.6 is 0 Å². The minimum absolute atomic E-state index is 0.0337. The van der Waals surface area contributed by atoms with Crippen molar-refractivity contribution in [2.24, 2.45) is 5.92 Å². The first-order valence-electron chi connectivity index (χ1n) is 5.83. The normalized spacial score (nSPS) is 32.6. The molecular formula is C11H16N2O4. The van der Waals surface area contributed by atoms with Crippen molar-refractivity contribution in [1.29, 1.82) is 0 Å². The molecule has 2 N–H and O–H groups in total. The molecule has 17 heavy (non-hydrogen) atoms. The number of likely N-dealkylation sites (tertiary alicyclic amines) is 1. The van der Waals surface area contributed by atoms with Crippen molar-refractivity contribution >= 4 is 17.8 Å². The molecule has 0 aromatic rings. The molecule has 6 nitrogen and oxygen atoms in total. The van der Waals surface area contributed by atoms with Crippen molar-refractivity contribution in [3.8, 4) is 0 Å². The molecule has 2 amide bonds. The smallest absolute Gasteiger partial charge is 0.326 e. The molecule has 2 saturated heterocycles. The first-order chi connectivity index (χ1) is 8.00. The number of carboxylic acids is 1. The van der Waals surface area contributed by atoms with Gasteiger partial charge in [0, 0.05) is 13.0 Å². The lowest BCUT2D eigenvalue weighted by molar-refractivity contribution is -0.150. The number of rotatable bonds is 2. The van der Waals surface area contributed by atoms with E-state index in [1.165, 1.54) is 4.90 Å². The molecule has 0 aliphatic carbocycles. The summed E-state index contributed by atoms with van der Waals surface area (Å²) < 4.78 is 0. The molecule has 2 aliphatic heterocycles. The van der Waals surface area contributed by atoms with E-state index in [9.17, 15) is 14.4 Å². The van der Waals surface area contributed by atoms with Gasteiger partial charge in [0.15, 0.2) is 0 Å². The third-order valence-corrected chi connectivity index (χ3v) is 3.53. The Bertz CT molecular complexity index is 368. The maximum Gasteiger partial charge on any atom is 0.326 e. The summed E-state index contributed by atoms with van der Waals surface area (Å²) in [5.41, 5.74) is 0. The molecule has 0 bridgehead atoms. The van der Waals surface area contributed by atoms with E-state index in [1.807, 2.05) is 6.92 Å². The molecule has 0 aromatic carbocycles. The van der Waals surface area contributed by atoms with Gasteiger partial charge in [-0.05, 0) is 18.8 Å². The van der Waals surface area contributed by atoms with Crippen LogP contribution in [0.1, 0.15) is 26.2 Å². The van der Waals surface area contributed by atoms with Crippen LogP contribution in [0.4, 0.5) is 0 Å². The van der Waals surface area contributed by atoms with E-state index >= 15 is 0 Å². The van der Waals surface area contributed by atoms with Gasteiger partial charge in [-0.3, -0.25) is 9.59 Å². The standard InChI is InChI=1S/C11H16N2O4/c1-6-4-5-13(9(6)11(16)17)10(15)7-2-3-8(14)12-7/h6-7,9H,2-5H2,1H3,(H,12,14)(H,16,17). The van der Waals surface area contributed by atoms with Crippen molar-refractivity contribution < 1.29 is 19.5 Å². The Morgan fingerprint density at radius 2 is 2.12 bits per heavy atom. The fourth-order valence-electron chi connectivity index (χ4n) is 2.57. The molecular weight excluding hydrogens is 224 g/mol. The van der Waals surface area contributed by atoms with Crippen LogP contribution in [0.25, 0.3) is 0 Å². The van der Waals surface area contributed by atoms with Crippen molar-refractivity contribution in [3.63, 3.8) is 0 Å². The average molecular weight is 240 g/mol. The molecule has 0 spiro atoms. The van der Waals surface area contributed by atoms with Gasteiger partial charge in [-0.15, -0.1) is 0 Å². The van der Waals surface area contributed by atoms with E-state index in [4.69, 9.17) is 5.11 Å². The monoisotopic (exact) mass is 240 g/mol. The fourth-order valence-corrected chi connectivity index (χ4v) is 2.57. The number of carboxylic acid groups (broad SMARTS) is 1. The van der Waals surface area contributed by atoms with E-state index in [1.54, 1.807) is 0 Å². The van der Waals surface area contributed by atoms with E-state index in [0.29, 0.717) is 25.8 Å². The van der Waals surface area contributed by atoms with Crippen LogP contribution in [0, 0.1) is 5.92 Å². The Morgan fingerprint density at radius 1 is 1.41 bits per heavy atom. The van der Waals surface area contributed by atoms with Gasteiger partial charge >= 0.3 is 5.97 Å². The topological polar surface area (TPSA) is 86.7 Å². The van der Waals surface area contributed by atoms with E-state index in [0.717, 1.165) is 0 Å². The molecule has 94 valence electrons. The van der Waals surface area contributed by atoms with Crippen molar-refractivity contribution in [2.45, 2.75) is 38.3 Å². The Balaban J connectivity index is 2.08. The van der Waals surface area contributed by atoms with Crippen LogP contribution in [-0.2, 0) is 14.4 Å². The van der Waals surface area contributed by atoms with Gasteiger partial charge in [0.25, 0.3) is 0 Å². The molecule has 6 heteroatoms. The van der Waals surface area contributed by atoms with E-state index in [-0.39, 0.29) is 17.7 Å². The Kier molecular flexibility index (Phi) is 3.04. The van der Waals surface area contributed by atoms with Gasteiger partial charge in [0.2, 0.25) is 11.8 Å². The van der Waals surface area contributed by atoms with Gasteiger partial charge < -0.3 is 15.3 Å². The molecule has 0 radical (unpaired) electrons. The summed E-state index contributed by atoms with van der Waals surface area (Å²) in [5.74, 6) is -1.39. The van der Waals surface area contributed by atoms with Crippen molar-refractivity contribution in [2.75, 3.05) is 6.54 Å². The third-order valence-electron chi connectivity index (χ3n) is 3.53. The summed E-state index contributed by atoms with van der Waals surface area (Å²) >= 11 is 0. The maximum absolute atomic E-state index is 12.1. The lowest BCUT2D eigenvalue weighted by Gasteiger charge is -2.25. The number of carbonyl (C=O) groups is 3. The largest absolute Gasteiger partial charge is 0.480 e. The predicted molar refractivity (Wildman–Crippen MR) is 58.1 cm³/mol. The van der Waals surface area contributed by atoms with Crippen LogP contribution in [0.15, 0.2) is 0 Å². The van der Waals surface area contributed by atoms with Gasteiger partial charge in [0.1, 0.15) is 12.1 Å². The second kappa shape index (κ2) is 4.35. The minimum atomic E-state index is -0.965. The van der Waals surface area contributed by atoms with Gasteiger partial charge in [-0.1, -0.05) is 6.92 Å². The minimum Gasteiger partial charge on any atom is -0.480 e. The zero-order valence-corrected chi connectivity index (χ0v) is 9.68. The lowest BCUT2D eigenvalue weighted by Crippen LogP contribution is -2.50. The second-order valence-corrected chi connectivity index (χ2v) is 4.74. The summed E-state index contributed by atoms with van der Waals surface area (Å²) in [4.78, 5) is 35.7. The highest BCUT2D eigenvalue weighted by Crippen LogP contribution is 2.26. The van der Waals surface area contributed by atoms with Gasteiger partial charge in [0.05, 0.1) is 0 Å². The summed E-state index contributed by atoms with van der Waals surface area (Å²) in [7, 11) is 0. The maximum atomic E-state index is 12.1. The summed E-state index contributed by atoms with van der Waals surface area (Å²) in [6.07, 6.45) is 1.51. The van der Waals surface area contributed by atoms with Crippen LogP contribution < -0.4 is 5.32 Å². The summed E-state index contributed by atoms with van der Waals surface area (Å²) in [6, 6.07) is -1.28. The first kappa shape index (κ1) is 11.9. The first-order valence-corrected chi connectivity index (χ1v) is 5.83. The SMILES string of the molecule is CC1CCN(C(=O)C2CCC(=O)N2)C1C(=O)O. The molecule has 0 aromatic heterocycles. The number of carbonyl (C=O) groups excluding carboxylic acids is 2. The van der Waals surface area contributed by atoms with Crippen LogP contribution in [0.5, 0.6) is 0 Å². The van der Waals surface area contributed by atoms with Crippen LogP contribution in [0.3, 0.4) is 0 Å². The van der Waals surface area contributed by atoms with Gasteiger partial charge in [-0.2, -0.15) is 0 Å². The second-order valence-electron chi connectivity index (χ2n) is 4.74. The number of aliphatic carboxylic acids is 1. The fraction of sp³-hybridized carbons (Fsp3) is 0.727. The highest BCUT2D eigenvalue weighted by molar-refractivity contribution is 5.93. The number of hydrogen-bond donors (Lipinski definition) is 2. The zero-order chi connectivity index (χ0) is 12.6. The lowest BCUT2D eigenvalue weighted by atomic mass is 10.0.